The molecule has 1 heterocycles. The summed E-state index contributed by atoms with van der Waals surface area (Å²) in [6, 6.07) is 0. The molecule has 1 fully saturated rings. The van der Waals surface area contributed by atoms with E-state index in [0.717, 1.165) is 18.9 Å². The summed E-state index contributed by atoms with van der Waals surface area (Å²) in [7, 11) is 0. The maximum Gasteiger partial charge on any atom is 0.220 e. The SMILES string of the molecule is Nc1n[nH]c(=S)n1CCCC1CCCC1. The van der Waals surface area contributed by atoms with Gasteiger partial charge < -0.3 is 5.73 Å². The molecule has 0 radical (unpaired) electrons. The summed E-state index contributed by atoms with van der Waals surface area (Å²) in [5, 5.41) is 6.60. The number of aromatic amines is 1. The topological polar surface area (TPSA) is 59.6 Å². The van der Waals surface area contributed by atoms with Gasteiger partial charge in [-0.1, -0.05) is 25.7 Å². The zero-order valence-corrected chi connectivity index (χ0v) is 9.72. The minimum atomic E-state index is 0.506. The smallest absolute Gasteiger partial charge is 0.220 e. The summed E-state index contributed by atoms with van der Waals surface area (Å²) in [5.74, 6) is 1.44. The maximum atomic E-state index is 5.69. The third kappa shape index (κ3) is 2.59. The fourth-order valence-electron chi connectivity index (χ4n) is 2.38. The Morgan fingerprint density at radius 3 is 2.80 bits per heavy atom. The predicted molar refractivity (Wildman–Crippen MR) is 63.0 cm³/mol. The summed E-state index contributed by atoms with van der Waals surface area (Å²) in [5.41, 5.74) is 5.69. The monoisotopic (exact) mass is 226 g/mol. The van der Waals surface area contributed by atoms with Crippen molar-refractivity contribution in [2.45, 2.75) is 45.1 Å². The Morgan fingerprint density at radius 2 is 2.20 bits per heavy atom. The zero-order valence-electron chi connectivity index (χ0n) is 8.91. The molecule has 1 aromatic heterocycles. The molecule has 0 bridgehead atoms. The van der Waals surface area contributed by atoms with Crippen LogP contribution in [0.1, 0.15) is 38.5 Å². The number of hydrogen-bond donors (Lipinski definition) is 2. The van der Waals surface area contributed by atoms with Crippen LogP contribution in [-0.2, 0) is 6.54 Å². The molecule has 1 saturated carbocycles. The minimum absolute atomic E-state index is 0.506. The molecule has 0 spiro atoms. The van der Waals surface area contributed by atoms with Crippen molar-refractivity contribution < 1.29 is 0 Å². The summed E-state index contributed by atoms with van der Waals surface area (Å²) in [4.78, 5) is 0. The van der Waals surface area contributed by atoms with Crippen molar-refractivity contribution in [3.8, 4) is 0 Å². The van der Waals surface area contributed by atoms with E-state index in [9.17, 15) is 0 Å². The summed E-state index contributed by atoms with van der Waals surface area (Å²) >= 11 is 5.09. The van der Waals surface area contributed by atoms with E-state index in [1.54, 1.807) is 0 Å². The fraction of sp³-hybridized carbons (Fsp3) is 0.800. The summed E-state index contributed by atoms with van der Waals surface area (Å²) < 4.78 is 2.52. The van der Waals surface area contributed by atoms with E-state index in [1.165, 1.54) is 32.1 Å². The lowest BCUT2D eigenvalue weighted by Gasteiger charge is -2.08. The van der Waals surface area contributed by atoms with Crippen molar-refractivity contribution in [3.63, 3.8) is 0 Å². The van der Waals surface area contributed by atoms with E-state index in [2.05, 4.69) is 10.2 Å². The number of nitrogens with zero attached hydrogens (tertiary/aromatic N) is 2. The van der Waals surface area contributed by atoms with Gasteiger partial charge in [0.05, 0.1) is 0 Å². The lowest BCUT2D eigenvalue weighted by Crippen LogP contribution is -2.05. The molecule has 4 nitrogen and oxygen atoms in total. The van der Waals surface area contributed by atoms with Crippen LogP contribution < -0.4 is 5.73 Å². The zero-order chi connectivity index (χ0) is 10.7. The number of nitrogen functional groups attached to an aromatic ring is 1. The van der Waals surface area contributed by atoms with Gasteiger partial charge in [-0.25, -0.2) is 5.10 Å². The Labute approximate surface area is 94.9 Å². The van der Waals surface area contributed by atoms with E-state index >= 15 is 0 Å². The molecular weight excluding hydrogens is 208 g/mol. The molecular formula is C10H18N4S. The van der Waals surface area contributed by atoms with E-state index in [1.807, 2.05) is 4.57 Å². The third-order valence-electron chi connectivity index (χ3n) is 3.26. The Morgan fingerprint density at radius 1 is 1.47 bits per heavy atom. The standard InChI is InChI=1S/C10H18N4S/c11-9-12-13-10(15)14(9)7-3-6-8-4-1-2-5-8/h8H,1-7H2,(H2,11,12)(H,13,15). The average molecular weight is 226 g/mol. The van der Waals surface area contributed by atoms with Crippen LogP contribution >= 0.6 is 12.2 Å². The first-order valence-electron chi connectivity index (χ1n) is 5.68. The molecule has 1 aliphatic rings. The van der Waals surface area contributed by atoms with Crippen LogP contribution in [0.4, 0.5) is 5.95 Å². The molecule has 0 amide bonds. The summed E-state index contributed by atoms with van der Waals surface area (Å²) in [6.45, 7) is 0.900. The Kier molecular flexibility index (Phi) is 3.41. The number of nitrogens with one attached hydrogen (secondary N) is 1. The van der Waals surface area contributed by atoms with Gasteiger partial charge in [-0.15, -0.1) is 5.10 Å². The van der Waals surface area contributed by atoms with Gasteiger partial charge in [-0.3, -0.25) is 4.57 Å². The predicted octanol–water partition coefficient (Wildman–Crippen LogP) is 2.49. The Balaban J connectivity index is 1.80. The highest BCUT2D eigenvalue weighted by Gasteiger charge is 2.14. The number of hydrogen-bond acceptors (Lipinski definition) is 3. The molecule has 0 aromatic carbocycles. The Bertz CT molecular complexity index is 362. The molecule has 15 heavy (non-hydrogen) atoms. The average Bonchev–Trinajstić information content (AvgIpc) is 2.82. The van der Waals surface area contributed by atoms with E-state index < -0.39 is 0 Å². The van der Waals surface area contributed by atoms with E-state index in [0.29, 0.717) is 10.7 Å². The first kappa shape index (κ1) is 10.7. The van der Waals surface area contributed by atoms with Gasteiger partial charge in [-0.2, -0.15) is 0 Å². The third-order valence-corrected chi connectivity index (χ3v) is 3.57. The molecule has 2 rings (SSSR count). The Hall–Kier alpha value is -0.840. The van der Waals surface area contributed by atoms with Crippen LogP contribution in [0.2, 0.25) is 0 Å². The van der Waals surface area contributed by atoms with Crippen LogP contribution in [0.3, 0.4) is 0 Å². The molecule has 0 saturated heterocycles. The lowest BCUT2D eigenvalue weighted by molar-refractivity contribution is 0.458. The van der Waals surface area contributed by atoms with Crippen molar-refractivity contribution in [1.82, 2.24) is 14.8 Å². The molecule has 0 unspecified atom stereocenters. The van der Waals surface area contributed by atoms with Crippen molar-refractivity contribution in [3.05, 3.63) is 4.77 Å². The van der Waals surface area contributed by atoms with Gasteiger partial charge >= 0.3 is 0 Å². The van der Waals surface area contributed by atoms with Gasteiger partial charge in [0, 0.05) is 6.54 Å². The first-order valence-corrected chi connectivity index (χ1v) is 6.09. The number of aromatic nitrogens is 3. The maximum absolute atomic E-state index is 5.69. The van der Waals surface area contributed by atoms with Gasteiger partial charge in [0.2, 0.25) is 5.95 Å². The second-order valence-corrected chi connectivity index (χ2v) is 4.72. The fourth-order valence-corrected chi connectivity index (χ4v) is 2.61. The van der Waals surface area contributed by atoms with Gasteiger partial charge in [0.25, 0.3) is 0 Å². The molecule has 5 heteroatoms. The molecule has 84 valence electrons. The van der Waals surface area contributed by atoms with Crippen molar-refractivity contribution in [2.75, 3.05) is 5.73 Å². The molecule has 1 aromatic rings. The molecule has 0 aliphatic heterocycles. The van der Waals surface area contributed by atoms with Crippen molar-refractivity contribution >= 4 is 18.2 Å². The molecule has 3 N–H and O–H groups in total. The number of H-pyrrole nitrogens is 1. The minimum Gasteiger partial charge on any atom is -0.368 e. The van der Waals surface area contributed by atoms with Crippen LogP contribution in [0.5, 0.6) is 0 Å². The van der Waals surface area contributed by atoms with Gasteiger partial charge in [-0.05, 0) is 31.0 Å². The largest absolute Gasteiger partial charge is 0.368 e. The van der Waals surface area contributed by atoms with Gasteiger partial charge in [0.1, 0.15) is 0 Å². The lowest BCUT2D eigenvalue weighted by atomic mass is 10.0. The van der Waals surface area contributed by atoms with Crippen LogP contribution in [0.25, 0.3) is 0 Å². The highest BCUT2D eigenvalue weighted by Crippen LogP contribution is 2.28. The molecule has 1 aliphatic carbocycles. The van der Waals surface area contributed by atoms with Crippen LogP contribution in [-0.4, -0.2) is 14.8 Å². The highest BCUT2D eigenvalue weighted by atomic mass is 32.1. The summed E-state index contributed by atoms with van der Waals surface area (Å²) in [6.07, 6.45) is 8.10. The number of rotatable bonds is 4. The first-order chi connectivity index (χ1) is 7.27. The quantitative estimate of drug-likeness (QED) is 0.775. The second-order valence-electron chi connectivity index (χ2n) is 4.33. The molecule has 0 atom stereocenters. The van der Waals surface area contributed by atoms with Gasteiger partial charge in [0.15, 0.2) is 4.77 Å². The van der Waals surface area contributed by atoms with Crippen molar-refractivity contribution in [1.29, 1.82) is 0 Å². The normalized spacial score (nSPS) is 17.3. The van der Waals surface area contributed by atoms with Crippen LogP contribution in [0, 0.1) is 10.7 Å². The number of anilines is 1. The second kappa shape index (κ2) is 4.79. The number of nitrogens with two attached hydrogens (primary N) is 1. The highest BCUT2D eigenvalue weighted by molar-refractivity contribution is 7.71. The van der Waals surface area contributed by atoms with E-state index in [4.69, 9.17) is 18.0 Å². The van der Waals surface area contributed by atoms with Crippen LogP contribution in [0.15, 0.2) is 0 Å². The van der Waals surface area contributed by atoms with Crippen molar-refractivity contribution in [2.24, 2.45) is 5.92 Å². The van der Waals surface area contributed by atoms with E-state index in [-0.39, 0.29) is 0 Å².